The van der Waals surface area contributed by atoms with Crippen LogP contribution in [0.2, 0.25) is 0 Å². The van der Waals surface area contributed by atoms with E-state index >= 15 is 0 Å². The van der Waals surface area contributed by atoms with Crippen molar-refractivity contribution < 1.29 is 80.2 Å². The molecule has 17 nitrogen and oxygen atoms in total. The fourth-order valence-electron chi connectivity index (χ4n) is 12.3. The first-order valence-electron chi connectivity index (χ1n) is 41.2. The first kappa shape index (κ1) is 97.1. The Balaban J connectivity index is 5.18. The highest BCUT2D eigenvalue weighted by Crippen LogP contribution is 2.45. The normalized spacial score (nSPS) is 14.1. The summed E-state index contributed by atoms with van der Waals surface area (Å²) in [5.41, 5.74) is 0. The fourth-order valence-corrected chi connectivity index (χ4v) is 13.8. The van der Waals surface area contributed by atoms with Gasteiger partial charge in [-0.15, -0.1) is 0 Å². The molecule has 0 rings (SSSR count). The Morgan fingerprint density at radius 2 is 0.424 bits per heavy atom. The average molecular weight is 1450 g/mol. The molecule has 99 heavy (non-hydrogen) atoms. The summed E-state index contributed by atoms with van der Waals surface area (Å²) in [6.45, 7) is 14.2. The number of hydrogen-bond acceptors (Lipinski definition) is 15. The van der Waals surface area contributed by atoms with Crippen molar-refractivity contribution in [2.75, 3.05) is 39.6 Å². The maximum atomic E-state index is 13.1. The Morgan fingerprint density at radius 3 is 0.626 bits per heavy atom. The van der Waals surface area contributed by atoms with Crippen LogP contribution in [0, 0.1) is 23.7 Å². The quantitative estimate of drug-likeness (QED) is 0.0222. The monoisotopic (exact) mass is 1450 g/mol. The number of carbonyl (C=O) groups is 4. The molecule has 3 unspecified atom stereocenters. The lowest BCUT2D eigenvalue weighted by molar-refractivity contribution is -0.161. The molecular weight excluding hydrogens is 1290 g/mol. The van der Waals surface area contributed by atoms with Crippen molar-refractivity contribution in [3.63, 3.8) is 0 Å². The molecule has 0 aliphatic heterocycles. The average Bonchev–Trinajstić information content (AvgIpc) is 1.17. The maximum absolute atomic E-state index is 13.1. The van der Waals surface area contributed by atoms with Crippen LogP contribution in [0.15, 0.2) is 0 Å². The smallest absolute Gasteiger partial charge is 0.462 e. The Morgan fingerprint density at radius 1 is 0.253 bits per heavy atom. The molecule has 0 spiro atoms. The molecule has 0 heterocycles. The number of phosphoric ester groups is 2. The van der Waals surface area contributed by atoms with Gasteiger partial charge in [0.25, 0.3) is 0 Å². The second kappa shape index (κ2) is 69.1. The second-order valence-corrected chi connectivity index (χ2v) is 33.6. The van der Waals surface area contributed by atoms with E-state index in [1.165, 1.54) is 212 Å². The third-order valence-electron chi connectivity index (χ3n) is 18.6. The lowest BCUT2D eigenvalue weighted by atomic mass is 10.0. The number of unbranched alkanes of at least 4 members (excludes halogenated alkanes) is 43. The summed E-state index contributed by atoms with van der Waals surface area (Å²) >= 11 is 0. The molecule has 0 aromatic carbocycles. The summed E-state index contributed by atoms with van der Waals surface area (Å²) in [6, 6.07) is 0. The standard InChI is InChI=1S/C80H156O17P2/c1-70(2)56-48-40-32-26-22-18-14-11-9-10-12-16-20-24-28-35-44-52-60-77(82)90-66-75(96-79(84)62-54-46-37-29-25-21-17-13-15-19-23-27-33-41-49-57-71(3)4)68-94-98(86,87)92-64-74(81)65-93-99(88,89)95-69-76(97-80(85)63-55-47-39-38-43-51-59-73(7)8)67-91-78(83)61-53-45-36-31-30-34-42-50-58-72(5)6/h70-76,81H,9-69H2,1-8H3,(H,86,87)(H,88,89)/t74?,75-,76-/m1/s1. The number of aliphatic hydroxyl groups is 1. The minimum Gasteiger partial charge on any atom is -0.462 e. The summed E-state index contributed by atoms with van der Waals surface area (Å²) in [6.07, 6.45) is 55.9. The Kier molecular flexibility index (Phi) is 67.8. The van der Waals surface area contributed by atoms with E-state index in [0.717, 1.165) is 108 Å². The van der Waals surface area contributed by atoms with Crippen LogP contribution < -0.4 is 0 Å². The lowest BCUT2D eigenvalue weighted by Crippen LogP contribution is -2.30. The summed E-state index contributed by atoms with van der Waals surface area (Å²) < 4.78 is 68.6. The molecule has 588 valence electrons. The molecule has 0 aliphatic carbocycles. The number of ether oxygens (including phenoxy) is 4. The molecule has 0 aliphatic rings. The van der Waals surface area contributed by atoms with Gasteiger partial charge >= 0.3 is 39.5 Å². The van der Waals surface area contributed by atoms with Crippen molar-refractivity contribution in [1.82, 2.24) is 0 Å². The lowest BCUT2D eigenvalue weighted by Gasteiger charge is -2.21. The van der Waals surface area contributed by atoms with Gasteiger partial charge in [-0.1, -0.05) is 357 Å². The number of phosphoric acid groups is 2. The van der Waals surface area contributed by atoms with Crippen LogP contribution in [0.5, 0.6) is 0 Å². The molecule has 3 N–H and O–H groups in total. The molecule has 0 bridgehead atoms. The van der Waals surface area contributed by atoms with Gasteiger partial charge in [0.15, 0.2) is 12.2 Å². The van der Waals surface area contributed by atoms with Crippen LogP contribution in [0.3, 0.4) is 0 Å². The van der Waals surface area contributed by atoms with E-state index in [2.05, 4.69) is 55.4 Å². The van der Waals surface area contributed by atoms with Gasteiger partial charge in [-0.05, 0) is 49.4 Å². The molecular formula is C80H156O17P2. The largest absolute Gasteiger partial charge is 0.472 e. The molecule has 0 radical (unpaired) electrons. The number of hydrogen-bond donors (Lipinski definition) is 3. The Bertz CT molecular complexity index is 1940. The molecule has 0 fully saturated rings. The topological polar surface area (TPSA) is 237 Å². The van der Waals surface area contributed by atoms with Crippen LogP contribution in [-0.2, 0) is 65.4 Å². The predicted octanol–water partition coefficient (Wildman–Crippen LogP) is 23.6. The number of carbonyl (C=O) groups excluding carboxylic acids is 4. The van der Waals surface area contributed by atoms with Crippen molar-refractivity contribution >= 4 is 39.5 Å². The van der Waals surface area contributed by atoms with Gasteiger partial charge in [0.2, 0.25) is 0 Å². The molecule has 0 aromatic heterocycles. The van der Waals surface area contributed by atoms with E-state index < -0.39 is 97.5 Å². The molecule has 0 saturated carbocycles. The van der Waals surface area contributed by atoms with Crippen LogP contribution in [0.25, 0.3) is 0 Å². The van der Waals surface area contributed by atoms with E-state index in [4.69, 9.17) is 37.0 Å². The second-order valence-electron chi connectivity index (χ2n) is 30.7. The third kappa shape index (κ3) is 74.1. The van der Waals surface area contributed by atoms with Gasteiger partial charge in [0.05, 0.1) is 26.4 Å². The van der Waals surface area contributed by atoms with Crippen molar-refractivity contribution in [2.24, 2.45) is 23.7 Å². The number of esters is 4. The summed E-state index contributed by atoms with van der Waals surface area (Å²) in [5.74, 6) is 0.900. The molecule has 5 atom stereocenters. The van der Waals surface area contributed by atoms with Crippen LogP contribution in [-0.4, -0.2) is 96.7 Å². The molecule has 0 amide bonds. The zero-order chi connectivity index (χ0) is 73.1. The minimum absolute atomic E-state index is 0.101. The van der Waals surface area contributed by atoms with Gasteiger partial charge in [-0.25, -0.2) is 9.13 Å². The number of aliphatic hydroxyl groups excluding tert-OH is 1. The van der Waals surface area contributed by atoms with Gasteiger partial charge in [0, 0.05) is 25.7 Å². The van der Waals surface area contributed by atoms with Gasteiger partial charge < -0.3 is 33.8 Å². The zero-order valence-corrected chi connectivity index (χ0v) is 66.9. The Labute approximate surface area is 607 Å². The third-order valence-corrected chi connectivity index (χ3v) is 20.5. The van der Waals surface area contributed by atoms with Crippen LogP contribution in [0.1, 0.15) is 409 Å². The highest BCUT2D eigenvalue weighted by molar-refractivity contribution is 7.47. The van der Waals surface area contributed by atoms with Crippen LogP contribution >= 0.6 is 15.6 Å². The van der Waals surface area contributed by atoms with Crippen molar-refractivity contribution in [3.8, 4) is 0 Å². The van der Waals surface area contributed by atoms with Gasteiger partial charge in [0.1, 0.15) is 19.3 Å². The first-order valence-corrected chi connectivity index (χ1v) is 44.2. The van der Waals surface area contributed by atoms with E-state index in [1.54, 1.807) is 0 Å². The Hall–Kier alpha value is -1.94. The predicted molar refractivity (Wildman–Crippen MR) is 404 cm³/mol. The molecule has 0 aromatic rings. The van der Waals surface area contributed by atoms with Crippen molar-refractivity contribution in [1.29, 1.82) is 0 Å². The number of rotatable bonds is 77. The van der Waals surface area contributed by atoms with E-state index in [-0.39, 0.29) is 25.7 Å². The van der Waals surface area contributed by atoms with Gasteiger partial charge in [-0.2, -0.15) is 0 Å². The first-order chi connectivity index (χ1) is 47.6. The maximum Gasteiger partial charge on any atom is 0.472 e. The summed E-state index contributed by atoms with van der Waals surface area (Å²) in [5, 5.41) is 10.6. The SMILES string of the molecule is CC(C)CCCCCCCCCCCCCCCCCCCCC(=O)OC[C@H](COP(=O)(O)OCC(O)COP(=O)(O)OC[C@@H](COC(=O)CCCCCCCCCCC(C)C)OC(=O)CCCCCCCCC(C)C)OC(=O)CCCCCCCCCCCCCCCCCC(C)C. The fraction of sp³-hybridized carbons (Fsp3) is 0.950. The minimum atomic E-state index is -4.96. The molecule has 19 heteroatoms. The highest BCUT2D eigenvalue weighted by Gasteiger charge is 2.30. The van der Waals surface area contributed by atoms with Crippen molar-refractivity contribution in [3.05, 3.63) is 0 Å². The van der Waals surface area contributed by atoms with E-state index in [9.17, 15) is 43.2 Å². The van der Waals surface area contributed by atoms with E-state index in [1.807, 2.05) is 0 Å². The zero-order valence-electron chi connectivity index (χ0n) is 65.1. The van der Waals surface area contributed by atoms with E-state index in [0.29, 0.717) is 31.6 Å². The molecule has 0 saturated heterocycles. The summed E-state index contributed by atoms with van der Waals surface area (Å²) in [4.78, 5) is 72.9. The summed E-state index contributed by atoms with van der Waals surface area (Å²) in [7, 11) is -9.92. The van der Waals surface area contributed by atoms with Crippen molar-refractivity contribution in [2.45, 2.75) is 427 Å². The van der Waals surface area contributed by atoms with Crippen LogP contribution in [0.4, 0.5) is 0 Å². The van der Waals surface area contributed by atoms with Gasteiger partial charge in [-0.3, -0.25) is 37.3 Å². The highest BCUT2D eigenvalue weighted by atomic mass is 31.2.